The second-order valence-electron chi connectivity index (χ2n) is 5.88. The Morgan fingerprint density at radius 2 is 2.14 bits per heavy atom. The largest absolute Gasteiger partial charge is 0.459 e. The van der Waals surface area contributed by atoms with Crippen molar-refractivity contribution < 1.29 is 9.21 Å². The third-order valence-corrected chi connectivity index (χ3v) is 4.43. The Kier molecular flexibility index (Phi) is 3.22. The molecule has 4 rings (SSSR count). The zero-order valence-electron chi connectivity index (χ0n) is 12.3. The average molecular weight is 294 g/mol. The van der Waals surface area contributed by atoms with E-state index in [0.29, 0.717) is 11.7 Å². The van der Waals surface area contributed by atoms with Crippen molar-refractivity contribution in [2.45, 2.75) is 18.8 Å². The van der Waals surface area contributed by atoms with Gasteiger partial charge in [0.05, 0.1) is 6.26 Å². The van der Waals surface area contributed by atoms with Gasteiger partial charge >= 0.3 is 0 Å². The molecule has 0 bridgehead atoms. The van der Waals surface area contributed by atoms with Crippen molar-refractivity contribution in [3.8, 4) is 0 Å². The number of nitrogens with one attached hydrogen (secondary N) is 1. The van der Waals surface area contributed by atoms with Crippen LogP contribution in [0.2, 0.25) is 0 Å². The molecule has 1 amide bonds. The molecule has 112 valence electrons. The second kappa shape index (κ2) is 5.37. The first-order valence-corrected chi connectivity index (χ1v) is 7.72. The molecule has 3 heterocycles. The lowest BCUT2D eigenvalue weighted by Crippen LogP contribution is -2.39. The highest BCUT2D eigenvalue weighted by molar-refractivity contribution is 5.91. The van der Waals surface area contributed by atoms with Crippen LogP contribution in [0.1, 0.15) is 35.0 Å². The molecule has 1 aromatic carbocycles. The number of rotatable bonds is 2. The standard InChI is InChI=1S/C18H18N2O2/c21-18(17-8-4-10-22-17)20-9-3-6-14(12-20)16-11-13-5-1-2-7-15(13)19-16/h1-2,4-5,7-8,10-11,14,19H,3,6,9,12H2. The normalized spacial score (nSPS) is 18.7. The summed E-state index contributed by atoms with van der Waals surface area (Å²) in [6, 6.07) is 14.0. The first-order chi connectivity index (χ1) is 10.8. The first kappa shape index (κ1) is 13.2. The summed E-state index contributed by atoms with van der Waals surface area (Å²) in [7, 11) is 0. The van der Waals surface area contributed by atoms with Gasteiger partial charge in [0, 0.05) is 30.2 Å². The van der Waals surface area contributed by atoms with E-state index in [4.69, 9.17) is 4.42 Å². The lowest BCUT2D eigenvalue weighted by atomic mass is 9.94. The molecule has 22 heavy (non-hydrogen) atoms. The van der Waals surface area contributed by atoms with Crippen LogP contribution in [0.25, 0.3) is 10.9 Å². The van der Waals surface area contributed by atoms with Crippen molar-refractivity contribution in [1.82, 2.24) is 9.88 Å². The molecule has 1 saturated heterocycles. The molecular formula is C18H18N2O2. The smallest absolute Gasteiger partial charge is 0.289 e. The first-order valence-electron chi connectivity index (χ1n) is 7.72. The van der Waals surface area contributed by atoms with Gasteiger partial charge in [0.25, 0.3) is 5.91 Å². The highest BCUT2D eigenvalue weighted by Gasteiger charge is 2.27. The Morgan fingerprint density at radius 1 is 1.23 bits per heavy atom. The molecule has 1 fully saturated rings. The van der Waals surface area contributed by atoms with E-state index in [1.807, 2.05) is 17.0 Å². The molecule has 1 aliphatic rings. The number of benzene rings is 1. The number of hydrogen-bond acceptors (Lipinski definition) is 2. The minimum absolute atomic E-state index is 0.00851. The maximum Gasteiger partial charge on any atom is 0.289 e. The average Bonchev–Trinajstić information content (AvgIpc) is 3.23. The minimum Gasteiger partial charge on any atom is -0.459 e. The van der Waals surface area contributed by atoms with Crippen molar-refractivity contribution in [1.29, 1.82) is 0 Å². The van der Waals surface area contributed by atoms with Gasteiger partial charge in [-0.2, -0.15) is 0 Å². The molecule has 4 nitrogen and oxygen atoms in total. The Balaban J connectivity index is 1.56. The molecule has 1 N–H and O–H groups in total. The number of nitrogens with zero attached hydrogens (tertiary/aromatic N) is 1. The van der Waals surface area contributed by atoms with Crippen molar-refractivity contribution in [3.05, 3.63) is 60.2 Å². The van der Waals surface area contributed by atoms with Gasteiger partial charge in [0.15, 0.2) is 5.76 Å². The second-order valence-corrected chi connectivity index (χ2v) is 5.88. The van der Waals surface area contributed by atoms with E-state index in [9.17, 15) is 4.79 Å². The van der Waals surface area contributed by atoms with Crippen molar-refractivity contribution >= 4 is 16.8 Å². The number of furan rings is 1. The Labute approximate surface area is 128 Å². The predicted octanol–water partition coefficient (Wildman–Crippen LogP) is 3.78. The van der Waals surface area contributed by atoms with E-state index >= 15 is 0 Å². The van der Waals surface area contributed by atoms with Crippen LogP contribution < -0.4 is 0 Å². The van der Waals surface area contributed by atoms with Crippen LogP contribution in [0.15, 0.2) is 53.1 Å². The molecule has 1 unspecified atom stereocenters. The quantitative estimate of drug-likeness (QED) is 0.782. The highest BCUT2D eigenvalue weighted by atomic mass is 16.3. The zero-order chi connectivity index (χ0) is 14.9. The summed E-state index contributed by atoms with van der Waals surface area (Å²) in [6.45, 7) is 1.54. The van der Waals surface area contributed by atoms with Crippen molar-refractivity contribution in [3.63, 3.8) is 0 Å². The third-order valence-electron chi connectivity index (χ3n) is 4.43. The van der Waals surface area contributed by atoms with E-state index < -0.39 is 0 Å². The maximum atomic E-state index is 12.4. The van der Waals surface area contributed by atoms with E-state index in [1.165, 1.54) is 11.1 Å². The summed E-state index contributed by atoms with van der Waals surface area (Å²) in [5.41, 5.74) is 2.38. The Hall–Kier alpha value is -2.49. The number of amides is 1. The number of para-hydroxylation sites is 1. The summed E-state index contributed by atoms with van der Waals surface area (Å²) < 4.78 is 5.24. The van der Waals surface area contributed by atoms with Crippen LogP contribution in [0.3, 0.4) is 0 Å². The van der Waals surface area contributed by atoms with Gasteiger partial charge in [0.2, 0.25) is 0 Å². The van der Waals surface area contributed by atoms with Crippen LogP contribution >= 0.6 is 0 Å². The molecule has 0 radical (unpaired) electrons. The summed E-state index contributed by atoms with van der Waals surface area (Å²) in [6.07, 6.45) is 3.67. The molecule has 0 saturated carbocycles. The SMILES string of the molecule is O=C(c1ccco1)N1CCCC(c2cc3ccccc3[nH]2)C1. The molecule has 1 atom stereocenters. The van der Waals surface area contributed by atoms with Crippen LogP contribution in [0.4, 0.5) is 0 Å². The molecule has 2 aromatic heterocycles. The fourth-order valence-corrected chi connectivity index (χ4v) is 3.29. The van der Waals surface area contributed by atoms with Gasteiger partial charge in [-0.3, -0.25) is 4.79 Å². The van der Waals surface area contributed by atoms with Crippen LogP contribution in [-0.4, -0.2) is 28.9 Å². The zero-order valence-corrected chi connectivity index (χ0v) is 12.3. The Morgan fingerprint density at radius 3 is 2.95 bits per heavy atom. The van der Waals surface area contributed by atoms with Crippen LogP contribution in [0.5, 0.6) is 0 Å². The fourth-order valence-electron chi connectivity index (χ4n) is 3.29. The monoisotopic (exact) mass is 294 g/mol. The number of fused-ring (bicyclic) bond motifs is 1. The number of aromatic amines is 1. The maximum absolute atomic E-state index is 12.4. The summed E-state index contributed by atoms with van der Waals surface area (Å²) in [5.74, 6) is 0.781. The van der Waals surface area contributed by atoms with Gasteiger partial charge < -0.3 is 14.3 Å². The number of hydrogen-bond donors (Lipinski definition) is 1. The van der Waals surface area contributed by atoms with Crippen molar-refractivity contribution in [2.75, 3.05) is 13.1 Å². The lowest BCUT2D eigenvalue weighted by molar-refractivity contribution is 0.0674. The molecular weight excluding hydrogens is 276 g/mol. The van der Waals surface area contributed by atoms with Gasteiger partial charge in [-0.1, -0.05) is 18.2 Å². The van der Waals surface area contributed by atoms with Crippen LogP contribution in [0, 0.1) is 0 Å². The number of carbonyl (C=O) groups is 1. The highest BCUT2D eigenvalue weighted by Crippen LogP contribution is 2.29. The number of carbonyl (C=O) groups excluding carboxylic acids is 1. The van der Waals surface area contributed by atoms with Gasteiger partial charge in [-0.05, 0) is 42.5 Å². The molecule has 0 spiro atoms. The van der Waals surface area contributed by atoms with Gasteiger partial charge in [-0.15, -0.1) is 0 Å². The fraction of sp³-hybridized carbons (Fsp3) is 0.278. The number of piperidine rings is 1. The minimum atomic E-state index is -0.00851. The molecule has 1 aliphatic heterocycles. The molecule has 4 heteroatoms. The Bertz CT molecular complexity index is 755. The number of H-pyrrole nitrogens is 1. The van der Waals surface area contributed by atoms with E-state index in [1.54, 1.807) is 18.4 Å². The van der Waals surface area contributed by atoms with E-state index in [-0.39, 0.29) is 5.91 Å². The topological polar surface area (TPSA) is 49.2 Å². The summed E-state index contributed by atoms with van der Waals surface area (Å²) in [4.78, 5) is 17.8. The van der Waals surface area contributed by atoms with E-state index in [0.717, 1.165) is 31.4 Å². The molecule has 3 aromatic rings. The predicted molar refractivity (Wildman–Crippen MR) is 84.9 cm³/mol. The van der Waals surface area contributed by atoms with Gasteiger partial charge in [0.1, 0.15) is 0 Å². The van der Waals surface area contributed by atoms with Crippen LogP contribution in [-0.2, 0) is 0 Å². The summed E-state index contributed by atoms with van der Waals surface area (Å²) >= 11 is 0. The number of likely N-dealkylation sites (tertiary alicyclic amines) is 1. The molecule has 0 aliphatic carbocycles. The lowest BCUT2D eigenvalue weighted by Gasteiger charge is -2.31. The number of aromatic nitrogens is 1. The van der Waals surface area contributed by atoms with Gasteiger partial charge in [-0.25, -0.2) is 0 Å². The third kappa shape index (κ3) is 2.30. The van der Waals surface area contributed by atoms with Crippen molar-refractivity contribution in [2.24, 2.45) is 0 Å². The van der Waals surface area contributed by atoms with E-state index in [2.05, 4.69) is 23.2 Å². The summed E-state index contributed by atoms with van der Waals surface area (Å²) in [5, 5.41) is 1.23.